The lowest BCUT2D eigenvalue weighted by Crippen LogP contribution is -2.39. The lowest BCUT2D eigenvalue weighted by Gasteiger charge is -2.27. The van der Waals surface area contributed by atoms with Gasteiger partial charge in [-0.25, -0.2) is 0 Å². The Balaban J connectivity index is 2.75. The van der Waals surface area contributed by atoms with E-state index in [4.69, 9.17) is 9.52 Å². The van der Waals surface area contributed by atoms with E-state index < -0.39 is 5.97 Å². The topological polar surface area (TPSA) is 70.8 Å². The van der Waals surface area contributed by atoms with Gasteiger partial charge in [-0.1, -0.05) is 6.92 Å². The number of nitrogens with zero attached hydrogens (tertiary/aromatic N) is 1. The van der Waals surface area contributed by atoms with Crippen molar-refractivity contribution in [3.05, 3.63) is 24.2 Å². The van der Waals surface area contributed by atoms with Crippen molar-refractivity contribution in [2.45, 2.75) is 32.7 Å². The molecule has 0 saturated carbocycles. The molecule has 1 aromatic rings. The fourth-order valence-electron chi connectivity index (χ4n) is 1.51. The first-order valence-corrected chi connectivity index (χ1v) is 5.61. The summed E-state index contributed by atoms with van der Waals surface area (Å²) >= 11 is 0. The molecule has 0 aliphatic rings. The molecule has 1 atom stereocenters. The molecule has 94 valence electrons. The van der Waals surface area contributed by atoms with Crippen LogP contribution in [0.1, 0.15) is 37.0 Å². The molecular weight excluding hydrogens is 222 g/mol. The Hall–Kier alpha value is -1.78. The molecule has 1 aromatic heterocycles. The maximum absolute atomic E-state index is 12.1. The number of amides is 1. The minimum atomic E-state index is -0.904. The summed E-state index contributed by atoms with van der Waals surface area (Å²) in [6.07, 6.45) is 3.54. The molecule has 0 unspecified atom stereocenters. The largest absolute Gasteiger partial charge is 0.481 e. The monoisotopic (exact) mass is 239 g/mol. The standard InChI is InChI=1S/C12H17NO4/c1-3-9(2)13(6-4-11(14)15)12(16)10-5-7-17-8-10/h5,7-9H,3-4,6H2,1-2H3,(H,14,15)/t9-/m1/s1. The normalized spacial score (nSPS) is 12.1. The summed E-state index contributed by atoms with van der Waals surface area (Å²) in [7, 11) is 0. The number of aliphatic carboxylic acids is 1. The van der Waals surface area contributed by atoms with Gasteiger partial charge in [0.2, 0.25) is 0 Å². The SMILES string of the molecule is CC[C@@H](C)N(CCC(=O)O)C(=O)c1ccoc1. The Bertz CT molecular complexity index is 372. The van der Waals surface area contributed by atoms with Gasteiger partial charge in [-0.05, 0) is 19.4 Å². The van der Waals surface area contributed by atoms with Crippen molar-refractivity contribution in [2.24, 2.45) is 0 Å². The smallest absolute Gasteiger partial charge is 0.305 e. The van der Waals surface area contributed by atoms with E-state index in [0.717, 1.165) is 6.42 Å². The predicted molar refractivity (Wildman–Crippen MR) is 61.8 cm³/mol. The molecule has 0 aliphatic carbocycles. The number of carbonyl (C=O) groups is 2. The number of carboxylic acids is 1. The second kappa shape index (κ2) is 6.08. The minimum absolute atomic E-state index is 0.0109. The van der Waals surface area contributed by atoms with E-state index in [1.54, 1.807) is 11.0 Å². The Morgan fingerprint density at radius 3 is 2.71 bits per heavy atom. The number of furan rings is 1. The highest BCUT2D eigenvalue weighted by Crippen LogP contribution is 2.12. The Labute approximate surface area is 100 Å². The van der Waals surface area contributed by atoms with Gasteiger partial charge in [-0.15, -0.1) is 0 Å². The first-order chi connectivity index (χ1) is 8.06. The van der Waals surface area contributed by atoms with Crippen LogP contribution in [0.4, 0.5) is 0 Å². The predicted octanol–water partition coefficient (Wildman–Crippen LogP) is 2.00. The van der Waals surface area contributed by atoms with Crippen LogP contribution in [0.5, 0.6) is 0 Å². The fourth-order valence-corrected chi connectivity index (χ4v) is 1.51. The van der Waals surface area contributed by atoms with Crippen molar-refractivity contribution >= 4 is 11.9 Å². The van der Waals surface area contributed by atoms with Crippen molar-refractivity contribution in [3.63, 3.8) is 0 Å². The van der Waals surface area contributed by atoms with Gasteiger partial charge in [0.1, 0.15) is 6.26 Å². The molecule has 5 heteroatoms. The highest BCUT2D eigenvalue weighted by atomic mass is 16.4. The third kappa shape index (κ3) is 3.62. The molecule has 0 aliphatic heterocycles. The quantitative estimate of drug-likeness (QED) is 0.824. The molecule has 5 nitrogen and oxygen atoms in total. The Morgan fingerprint density at radius 2 is 2.24 bits per heavy atom. The van der Waals surface area contributed by atoms with Crippen LogP contribution in [0.15, 0.2) is 23.0 Å². The zero-order valence-corrected chi connectivity index (χ0v) is 10.0. The van der Waals surface area contributed by atoms with E-state index in [9.17, 15) is 9.59 Å². The molecule has 0 spiro atoms. The van der Waals surface area contributed by atoms with Crippen molar-refractivity contribution in [2.75, 3.05) is 6.54 Å². The summed E-state index contributed by atoms with van der Waals surface area (Å²) in [6, 6.07) is 1.59. The van der Waals surface area contributed by atoms with Gasteiger partial charge in [0.15, 0.2) is 0 Å². The Morgan fingerprint density at radius 1 is 1.53 bits per heavy atom. The molecule has 0 saturated heterocycles. The van der Waals surface area contributed by atoms with Crippen molar-refractivity contribution < 1.29 is 19.1 Å². The summed E-state index contributed by atoms with van der Waals surface area (Å²) in [5.41, 5.74) is 0.454. The third-order valence-electron chi connectivity index (χ3n) is 2.72. The molecular formula is C12H17NO4. The zero-order valence-electron chi connectivity index (χ0n) is 10.0. The summed E-state index contributed by atoms with van der Waals surface area (Å²) in [6.45, 7) is 4.08. The molecule has 0 radical (unpaired) electrons. The van der Waals surface area contributed by atoms with Gasteiger partial charge >= 0.3 is 5.97 Å². The van der Waals surface area contributed by atoms with E-state index >= 15 is 0 Å². The average molecular weight is 239 g/mol. The molecule has 0 fully saturated rings. The van der Waals surface area contributed by atoms with Crippen molar-refractivity contribution in [1.82, 2.24) is 4.90 Å². The zero-order chi connectivity index (χ0) is 12.8. The molecule has 1 N–H and O–H groups in total. The third-order valence-corrected chi connectivity index (χ3v) is 2.72. The number of hydrogen-bond donors (Lipinski definition) is 1. The van der Waals surface area contributed by atoms with Gasteiger partial charge in [-0.3, -0.25) is 9.59 Å². The number of rotatable bonds is 6. The molecule has 17 heavy (non-hydrogen) atoms. The maximum atomic E-state index is 12.1. The lowest BCUT2D eigenvalue weighted by atomic mass is 10.1. The van der Waals surface area contributed by atoms with E-state index in [2.05, 4.69) is 0 Å². The van der Waals surface area contributed by atoms with Crippen LogP contribution in [-0.2, 0) is 4.79 Å². The summed E-state index contributed by atoms with van der Waals surface area (Å²) < 4.78 is 4.86. The maximum Gasteiger partial charge on any atom is 0.305 e. The van der Waals surface area contributed by atoms with Crippen molar-refractivity contribution in [1.29, 1.82) is 0 Å². The molecule has 1 amide bonds. The first kappa shape index (κ1) is 13.3. The second-order valence-corrected chi connectivity index (χ2v) is 3.91. The number of carbonyl (C=O) groups excluding carboxylic acids is 1. The van der Waals surface area contributed by atoms with E-state index in [1.807, 2.05) is 13.8 Å². The van der Waals surface area contributed by atoms with E-state index in [-0.39, 0.29) is 24.9 Å². The van der Waals surface area contributed by atoms with Gasteiger partial charge in [0, 0.05) is 12.6 Å². The van der Waals surface area contributed by atoms with Gasteiger partial charge < -0.3 is 14.4 Å². The van der Waals surface area contributed by atoms with Crippen molar-refractivity contribution in [3.8, 4) is 0 Å². The lowest BCUT2D eigenvalue weighted by molar-refractivity contribution is -0.137. The molecule has 1 heterocycles. The number of hydrogen-bond acceptors (Lipinski definition) is 3. The molecule has 0 bridgehead atoms. The molecule has 1 rings (SSSR count). The Kier molecular flexibility index (Phi) is 4.75. The van der Waals surface area contributed by atoms with Crippen LogP contribution in [0, 0.1) is 0 Å². The summed E-state index contributed by atoms with van der Waals surface area (Å²) in [4.78, 5) is 24.2. The minimum Gasteiger partial charge on any atom is -0.481 e. The molecule has 0 aromatic carbocycles. The number of carboxylic acid groups (broad SMARTS) is 1. The highest BCUT2D eigenvalue weighted by molar-refractivity contribution is 5.94. The second-order valence-electron chi connectivity index (χ2n) is 3.91. The average Bonchev–Trinajstić information content (AvgIpc) is 2.81. The van der Waals surface area contributed by atoms with Crippen LogP contribution in [-0.4, -0.2) is 34.5 Å². The van der Waals surface area contributed by atoms with Crippen LogP contribution < -0.4 is 0 Å². The van der Waals surface area contributed by atoms with Crippen LogP contribution >= 0.6 is 0 Å². The first-order valence-electron chi connectivity index (χ1n) is 5.61. The summed E-state index contributed by atoms with van der Waals surface area (Å²) in [5, 5.41) is 8.67. The van der Waals surface area contributed by atoms with Gasteiger partial charge in [0.05, 0.1) is 18.2 Å². The highest BCUT2D eigenvalue weighted by Gasteiger charge is 2.21. The fraction of sp³-hybridized carbons (Fsp3) is 0.500. The van der Waals surface area contributed by atoms with E-state index in [0.29, 0.717) is 5.56 Å². The summed E-state index contributed by atoms with van der Waals surface area (Å²) in [5.74, 6) is -1.09. The van der Waals surface area contributed by atoms with Crippen LogP contribution in [0.25, 0.3) is 0 Å². The van der Waals surface area contributed by atoms with Gasteiger partial charge in [0.25, 0.3) is 5.91 Å². The van der Waals surface area contributed by atoms with E-state index in [1.165, 1.54) is 12.5 Å². The van der Waals surface area contributed by atoms with Crippen LogP contribution in [0.2, 0.25) is 0 Å². The van der Waals surface area contributed by atoms with Crippen LogP contribution in [0.3, 0.4) is 0 Å². The van der Waals surface area contributed by atoms with Gasteiger partial charge in [-0.2, -0.15) is 0 Å².